The van der Waals surface area contributed by atoms with E-state index in [9.17, 15) is 0 Å². The van der Waals surface area contributed by atoms with Crippen molar-refractivity contribution in [2.24, 2.45) is 30.7 Å². The summed E-state index contributed by atoms with van der Waals surface area (Å²) in [6, 6.07) is 38.1. The Morgan fingerprint density at radius 3 is 0.722 bits per heavy atom. The molecule has 3 aromatic carbocycles. The lowest BCUT2D eigenvalue weighted by Gasteiger charge is -1.98. The van der Waals surface area contributed by atoms with Gasteiger partial charge in [-0.25, -0.2) is 15.0 Å². The molecule has 0 bridgehead atoms. The molecule has 0 aliphatic carbocycles. The molecule has 0 aliphatic heterocycles. The van der Waals surface area contributed by atoms with Crippen molar-refractivity contribution in [2.45, 2.75) is 0 Å². The molecule has 0 aliphatic rings. The molecule has 0 saturated carbocycles. The Bertz CT molecular complexity index is 1780. The van der Waals surface area contributed by atoms with Crippen LogP contribution in [-0.4, -0.2) is 15.0 Å². The van der Waals surface area contributed by atoms with Gasteiger partial charge in [-0.15, -0.1) is 104 Å². The molecule has 0 spiro atoms. The third-order valence-corrected chi connectivity index (χ3v) is 5.86. The van der Waals surface area contributed by atoms with Gasteiger partial charge in [0, 0.05) is 0 Å². The molecule has 0 atom stereocenters. The van der Waals surface area contributed by atoms with E-state index in [2.05, 4.69) is 45.6 Å². The first kappa shape index (κ1) is 53.4. The summed E-state index contributed by atoms with van der Waals surface area (Å²) >= 11 is 0. The molecule has 6 aromatic rings. The first-order valence-corrected chi connectivity index (χ1v) is 14.2. The number of hydrogen-bond acceptors (Lipinski definition) is 15. The van der Waals surface area contributed by atoms with Crippen molar-refractivity contribution in [2.75, 3.05) is 34.4 Å². The molecule has 0 unspecified atom stereocenters. The van der Waals surface area contributed by atoms with Gasteiger partial charge in [0.15, 0.2) is 17.5 Å². The van der Waals surface area contributed by atoms with Gasteiger partial charge >= 0.3 is 0 Å². The molecule has 3 aromatic heterocycles. The molecule has 6 rings (SSSR count). The first-order valence-electron chi connectivity index (χ1n) is 14.2. The summed E-state index contributed by atoms with van der Waals surface area (Å²) < 4.78 is 0. The van der Waals surface area contributed by atoms with E-state index in [0.717, 1.165) is 17.1 Å². The van der Waals surface area contributed by atoms with E-state index >= 15 is 0 Å². The van der Waals surface area contributed by atoms with Gasteiger partial charge in [0.25, 0.3) is 0 Å². The predicted octanol–water partition coefficient (Wildman–Crippen LogP) is 11.0. The van der Waals surface area contributed by atoms with Gasteiger partial charge in [-0.1, -0.05) is 54.6 Å². The fourth-order valence-corrected chi connectivity index (χ4v) is 3.52. The highest BCUT2D eigenvalue weighted by atomic mass is 79.9. The molecule has 3 heterocycles. The van der Waals surface area contributed by atoms with E-state index in [0.29, 0.717) is 34.5 Å². The molecular formula is C33H39Br3Cl3N15. The van der Waals surface area contributed by atoms with Crippen molar-refractivity contribution in [3.8, 4) is 0 Å². The molecule has 0 fully saturated rings. The predicted molar refractivity (Wildman–Crippen MR) is 244 cm³/mol. The normalized spacial score (nSPS) is 9.56. The molecule has 12 N–H and O–H groups in total. The summed E-state index contributed by atoms with van der Waals surface area (Å²) in [7, 11) is 0. The maximum Gasteiger partial charge on any atom is 0.153 e. The third kappa shape index (κ3) is 18.7. The van der Waals surface area contributed by atoms with E-state index in [4.69, 9.17) is 34.4 Å². The lowest BCUT2D eigenvalue weighted by molar-refractivity contribution is 1.21. The number of nitrogens with zero attached hydrogens (tertiary/aromatic N) is 9. The average Bonchev–Trinajstić information content (AvgIpc) is 3.09. The zero-order valence-electron chi connectivity index (χ0n) is 28.1. The third-order valence-electron chi connectivity index (χ3n) is 5.86. The van der Waals surface area contributed by atoms with Crippen LogP contribution in [0, 0.1) is 0 Å². The minimum atomic E-state index is 0. The molecule has 21 heteroatoms. The Morgan fingerprint density at radius 1 is 0.296 bits per heavy atom. The number of hydrogen-bond donors (Lipinski definition) is 6. The summed E-state index contributed by atoms with van der Waals surface area (Å²) in [4.78, 5) is 11.7. The van der Waals surface area contributed by atoms with Gasteiger partial charge in [0.2, 0.25) is 0 Å². The van der Waals surface area contributed by atoms with Gasteiger partial charge in [-0.2, -0.15) is 15.3 Å². The summed E-state index contributed by atoms with van der Waals surface area (Å²) in [5, 5.41) is 24.1. The largest absolute Gasteiger partial charge is 0.384 e. The highest BCUT2D eigenvalue weighted by Crippen LogP contribution is 2.25. The molecule has 15 nitrogen and oxygen atoms in total. The minimum Gasteiger partial charge on any atom is -0.384 e. The van der Waals surface area contributed by atoms with E-state index in [1.54, 1.807) is 36.4 Å². The Morgan fingerprint density at radius 2 is 0.519 bits per heavy atom. The number of pyridine rings is 3. The van der Waals surface area contributed by atoms with Crippen molar-refractivity contribution in [3.05, 3.63) is 127 Å². The van der Waals surface area contributed by atoms with Gasteiger partial charge in [-0.3, -0.25) is 0 Å². The second-order valence-electron chi connectivity index (χ2n) is 9.53. The molecule has 0 saturated heterocycles. The van der Waals surface area contributed by atoms with Gasteiger partial charge in [0.1, 0.15) is 34.5 Å². The Balaban J connectivity index is -0.000000684. The van der Waals surface area contributed by atoms with E-state index in [1.165, 1.54) is 0 Å². The Kier molecular flexibility index (Phi) is 28.2. The zero-order chi connectivity index (χ0) is 34.1. The number of nitrogen functional groups attached to an aromatic ring is 6. The van der Waals surface area contributed by atoms with E-state index < -0.39 is 0 Å². The highest BCUT2D eigenvalue weighted by molar-refractivity contribution is 8.93. The van der Waals surface area contributed by atoms with Crippen LogP contribution in [0.3, 0.4) is 0 Å². The number of rotatable bonds is 6. The average molecular weight is 992 g/mol. The maximum atomic E-state index is 5.64. The monoisotopic (exact) mass is 987 g/mol. The van der Waals surface area contributed by atoms with Crippen LogP contribution in [0.15, 0.2) is 158 Å². The number of halogens is 6. The highest BCUT2D eigenvalue weighted by Gasteiger charge is 2.01. The van der Waals surface area contributed by atoms with Crippen LogP contribution in [0.5, 0.6) is 0 Å². The lowest BCUT2D eigenvalue weighted by Crippen LogP contribution is -1.95. The zero-order valence-corrected chi connectivity index (χ0v) is 35.7. The Hall–Kier alpha value is -4.98. The number of aromatic nitrogens is 3. The van der Waals surface area contributed by atoms with Crippen LogP contribution in [0.2, 0.25) is 0 Å². The van der Waals surface area contributed by atoms with Crippen LogP contribution < -0.4 is 34.4 Å². The fourth-order valence-electron chi connectivity index (χ4n) is 3.52. The minimum absolute atomic E-state index is 0. The lowest BCUT2D eigenvalue weighted by atomic mass is 10.3. The molecule has 0 amide bonds. The van der Waals surface area contributed by atoms with Crippen LogP contribution in [0.25, 0.3) is 0 Å². The van der Waals surface area contributed by atoms with Gasteiger partial charge < -0.3 is 34.4 Å². The fraction of sp³-hybridized carbons (Fsp3) is 0. The molecule has 288 valence electrons. The maximum absolute atomic E-state index is 5.64. The van der Waals surface area contributed by atoms with Crippen molar-refractivity contribution >= 4 is 157 Å². The smallest absolute Gasteiger partial charge is 0.153 e. The number of anilines is 6. The first-order chi connectivity index (χ1) is 23.3. The van der Waals surface area contributed by atoms with Crippen LogP contribution >= 0.6 is 88.2 Å². The van der Waals surface area contributed by atoms with Crippen LogP contribution in [0.4, 0.5) is 69.0 Å². The van der Waals surface area contributed by atoms with Crippen molar-refractivity contribution in [1.82, 2.24) is 15.0 Å². The standard InChI is InChI=1S/3C11H11N5.3BrH.3ClH/c3*12-10-7-6-9(11(13)14-10)16-15-8-4-2-1-3-5-8;;;;;;/h3*1-7H,(H4,12,13,14);6*1H. The van der Waals surface area contributed by atoms with Crippen LogP contribution in [-0.2, 0) is 0 Å². The van der Waals surface area contributed by atoms with E-state index in [-0.39, 0.29) is 106 Å². The van der Waals surface area contributed by atoms with Gasteiger partial charge in [0.05, 0.1) is 17.1 Å². The Labute approximate surface area is 362 Å². The molecular weight excluding hydrogens is 953 g/mol. The quantitative estimate of drug-likeness (QED) is 0.0865. The van der Waals surface area contributed by atoms with Crippen molar-refractivity contribution in [1.29, 1.82) is 0 Å². The summed E-state index contributed by atoms with van der Waals surface area (Å²) in [6.45, 7) is 0. The number of nitrogens with two attached hydrogens (primary N) is 6. The summed E-state index contributed by atoms with van der Waals surface area (Å²) in [5.41, 5.74) is 37.2. The van der Waals surface area contributed by atoms with Crippen molar-refractivity contribution in [3.63, 3.8) is 0 Å². The number of benzene rings is 3. The van der Waals surface area contributed by atoms with Gasteiger partial charge in [-0.05, 0) is 72.8 Å². The van der Waals surface area contributed by atoms with Crippen molar-refractivity contribution < 1.29 is 0 Å². The molecule has 0 radical (unpaired) electrons. The second kappa shape index (κ2) is 28.5. The van der Waals surface area contributed by atoms with E-state index in [1.807, 2.05) is 91.0 Å². The SMILES string of the molecule is Br.Br.Br.Cl.Cl.Cl.Nc1ccc(N=Nc2ccccc2)c(N)n1.Nc1ccc(N=Nc2ccccc2)c(N)n1.Nc1ccc(N=Nc2ccccc2)c(N)n1. The topological polar surface area (TPSA) is 269 Å². The number of azo groups is 3. The van der Waals surface area contributed by atoms with Crippen LogP contribution in [0.1, 0.15) is 0 Å². The molecule has 54 heavy (non-hydrogen) atoms. The summed E-state index contributed by atoms with van der Waals surface area (Å²) in [5.74, 6) is 1.95. The second-order valence-corrected chi connectivity index (χ2v) is 9.53. The summed E-state index contributed by atoms with van der Waals surface area (Å²) in [6.07, 6.45) is 0.